The minimum Gasteiger partial charge on any atom is -0.356 e. The van der Waals surface area contributed by atoms with Gasteiger partial charge in [0.25, 0.3) is 0 Å². The number of benzene rings is 4. The minimum absolute atomic E-state index is 0.0434. The van der Waals surface area contributed by atoms with Crippen molar-refractivity contribution in [3.8, 4) is 11.3 Å². The van der Waals surface area contributed by atoms with Crippen molar-refractivity contribution in [2.75, 3.05) is 0 Å². The molecule has 1 aromatic heterocycles. The van der Waals surface area contributed by atoms with Gasteiger partial charge in [0.1, 0.15) is 5.69 Å². The molecule has 1 heterocycles. The van der Waals surface area contributed by atoms with Crippen molar-refractivity contribution in [3.63, 3.8) is 0 Å². The average Bonchev–Trinajstić information content (AvgIpc) is 3.37. The molecule has 0 fully saturated rings. The lowest BCUT2D eigenvalue weighted by Gasteiger charge is -2.18. The van der Waals surface area contributed by atoms with E-state index in [1.807, 2.05) is 61.5 Å². The van der Waals surface area contributed by atoms with Gasteiger partial charge in [0.15, 0.2) is 22.9 Å². The van der Waals surface area contributed by atoms with Crippen molar-refractivity contribution in [2.24, 2.45) is 5.90 Å². The molecule has 4 aromatic carbocycles. The average molecular weight is 476 g/mol. The molecule has 5 aromatic rings. The van der Waals surface area contributed by atoms with Gasteiger partial charge in [-0.15, -0.1) is 0 Å². The van der Waals surface area contributed by atoms with Gasteiger partial charge < -0.3 is 9.73 Å². The maximum atomic E-state index is 12.3. The topological polar surface area (TPSA) is 123 Å². The summed E-state index contributed by atoms with van der Waals surface area (Å²) in [7, 11) is 0. The Kier molecular flexibility index (Phi) is 5.85. The van der Waals surface area contributed by atoms with Gasteiger partial charge in [0.2, 0.25) is 0 Å². The Morgan fingerprint density at radius 2 is 1.11 bits per heavy atom. The third-order valence-corrected chi connectivity index (χ3v) is 6.33. The number of hydrogen-bond donors (Lipinski definition) is 2. The van der Waals surface area contributed by atoms with Crippen LogP contribution in [-0.4, -0.2) is 27.7 Å². The molecular formula is C29H20N2O5. The van der Waals surface area contributed by atoms with E-state index in [9.17, 15) is 14.4 Å². The first kappa shape index (κ1) is 23.0. The fourth-order valence-electron chi connectivity index (χ4n) is 4.71. The molecule has 7 nitrogen and oxygen atoms in total. The van der Waals surface area contributed by atoms with E-state index < -0.39 is 0 Å². The number of fused-ring (bicyclic) bond motifs is 4. The molecule has 0 bridgehead atoms. The van der Waals surface area contributed by atoms with Crippen molar-refractivity contribution >= 4 is 28.3 Å². The predicted molar refractivity (Wildman–Crippen MR) is 133 cm³/mol. The number of carbonyl (C=O) groups is 3. The number of aromatic nitrogens is 1. The summed E-state index contributed by atoms with van der Waals surface area (Å²) >= 11 is 0. The smallest absolute Gasteiger partial charge is 0.194 e. The number of carbonyl (C=O) groups excluding carboxylic acids is 3. The van der Waals surface area contributed by atoms with Crippen LogP contribution in [0.3, 0.4) is 0 Å². The van der Waals surface area contributed by atoms with E-state index in [-0.39, 0.29) is 17.3 Å². The fourth-order valence-corrected chi connectivity index (χ4v) is 4.71. The van der Waals surface area contributed by atoms with Crippen molar-refractivity contribution in [1.82, 2.24) is 5.16 Å². The zero-order valence-electron chi connectivity index (χ0n) is 19.2. The first-order valence-corrected chi connectivity index (χ1v) is 11.1. The van der Waals surface area contributed by atoms with Crippen LogP contribution in [0, 0.1) is 6.92 Å². The van der Waals surface area contributed by atoms with Gasteiger partial charge in [-0.05, 0) is 18.6 Å². The van der Waals surface area contributed by atoms with Crippen molar-refractivity contribution < 1.29 is 24.1 Å². The highest BCUT2D eigenvalue weighted by atomic mass is 16.5. The second-order valence-corrected chi connectivity index (χ2v) is 8.29. The third-order valence-electron chi connectivity index (χ3n) is 6.33. The molecule has 0 atom stereocenters. The Labute approximate surface area is 205 Å². The molecule has 2 aliphatic carbocycles. The molecule has 0 amide bonds. The van der Waals surface area contributed by atoms with Crippen LogP contribution >= 0.6 is 0 Å². The number of hydrogen-bond acceptors (Lipinski definition) is 7. The Balaban J connectivity index is 0.000000139. The van der Waals surface area contributed by atoms with Crippen LogP contribution in [-0.2, 0) is 0 Å². The summed E-state index contributed by atoms with van der Waals surface area (Å²) < 4.78 is 5.26. The predicted octanol–water partition coefficient (Wildman–Crippen LogP) is 5.14. The van der Waals surface area contributed by atoms with E-state index in [0.717, 1.165) is 22.2 Å². The summed E-state index contributed by atoms with van der Waals surface area (Å²) in [5.41, 5.74) is 6.62. The molecule has 7 heteroatoms. The third kappa shape index (κ3) is 3.46. The van der Waals surface area contributed by atoms with Crippen molar-refractivity contribution in [3.05, 3.63) is 124 Å². The maximum absolute atomic E-state index is 12.3. The molecule has 0 radical (unpaired) electrons. The maximum Gasteiger partial charge on any atom is 0.194 e. The van der Waals surface area contributed by atoms with E-state index in [2.05, 4.69) is 11.1 Å². The van der Waals surface area contributed by atoms with Gasteiger partial charge in [0, 0.05) is 38.9 Å². The quantitative estimate of drug-likeness (QED) is 0.290. The zero-order chi connectivity index (χ0) is 25.4. The summed E-state index contributed by atoms with van der Waals surface area (Å²) in [6, 6.07) is 25.3. The molecule has 0 spiro atoms. The van der Waals surface area contributed by atoms with Gasteiger partial charge in [-0.25, -0.2) is 5.90 Å². The van der Waals surface area contributed by atoms with Crippen LogP contribution in [0.2, 0.25) is 0 Å². The summed E-state index contributed by atoms with van der Waals surface area (Å²) in [4.78, 5) is 36.9. The lowest BCUT2D eigenvalue weighted by atomic mass is 9.82. The van der Waals surface area contributed by atoms with Crippen LogP contribution in [0.25, 0.3) is 22.2 Å². The van der Waals surface area contributed by atoms with Crippen molar-refractivity contribution in [1.29, 1.82) is 0 Å². The van der Waals surface area contributed by atoms with Gasteiger partial charge in [0.05, 0.1) is 5.39 Å². The van der Waals surface area contributed by atoms with Crippen LogP contribution in [0.4, 0.5) is 0 Å². The van der Waals surface area contributed by atoms with Crippen LogP contribution in [0.5, 0.6) is 0 Å². The van der Waals surface area contributed by atoms with Crippen molar-refractivity contribution in [2.45, 2.75) is 6.92 Å². The molecule has 176 valence electrons. The highest BCUT2D eigenvalue weighted by molar-refractivity contribution is 6.29. The van der Waals surface area contributed by atoms with Gasteiger partial charge in [-0.3, -0.25) is 14.4 Å². The van der Waals surface area contributed by atoms with Gasteiger partial charge in [-0.1, -0.05) is 84.0 Å². The first-order chi connectivity index (χ1) is 17.6. The molecule has 0 saturated heterocycles. The Bertz CT molecular complexity index is 1680. The Hall–Kier alpha value is -4.72. The molecule has 3 N–H and O–H groups in total. The molecule has 0 aliphatic heterocycles. The summed E-state index contributed by atoms with van der Waals surface area (Å²) in [6.45, 7) is 1.86. The van der Waals surface area contributed by atoms with Crippen LogP contribution < -0.4 is 5.90 Å². The van der Waals surface area contributed by atoms with E-state index in [1.165, 1.54) is 0 Å². The molecular weight excluding hydrogens is 456 g/mol. The number of nitrogens with two attached hydrogens (primary N) is 1. The standard InChI is InChI=1S/C15H10O2.C14H7NO2.H3NO/c1-9-5-4-8-12-13(9)15(17)11-7-3-2-6-10(11)14(12)16;16-14-9-5-2-1-4-8(9)13-12-10(14)6-3-7-11(12)17-15-13;1-2/h2-8H,1H3;1-7H;2H,1H2. The second-order valence-electron chi connectivity index (χ2n) is 8.29. The minimum atomic E-state index is -0.0566. The first-order valence-electron chi connectivity index (χ1n) is 11.1. The molecule has 0 saturated carbocycles. The normalized spacial score (nSPS) is 12.5. The number of aryl methyl sites for hydroxylation is 1. The lowest BCUT2D eigenvalue weighted by molar-refractivity contribution is 0.0978. The Morgan fingerprint density at radius 1 is 0.611 bits per heavy atom. The number of ketones is 3. The van der Waals surface area contributed by atoms with E-state index in [4.69, 9.17) is 9.73 Å². The monoisotopic (exact) mass is 476 g/mol. The van der Waals surface area contributed by atoms with Crippen LogP contribution in [0.15, 0.2) is 89.5 Å². The Morgan fingerprint density at radius 3 is 1.81 bits per heavy atom. The number of rotatable bonds is 0. The fraction of sp³-hybridized carbons (Fsp3) is 0.0345. The largest absolute Gasteiger partial charge is 0.356 e. The van der Waals surface area contributed by atoms with Crippen LogP contribution in [0.1, 0.15) is 53.3 Å². The lowest BCUT2D eigenvalue weighted by Crippen LogP contribution is -2.21. The zero-order valence-corrected chi connectivity index (χ0v) is 19.2. The number of nitrogens with zero attached hydrogens (tertiary/aromatic N) is 1. The molecule has 2 aliphatic rings. The van der Waals surface area contributed by atoms with Gasteiger partial charge in [-0.2, -0.15) is 0 Å². The summed E-state index contributed by atoms with van der Waals surface area (Å²) in [5.74, 6) is 3.44. The summed E-state index contributed by atoms with van der Waals surface area (Å²) in [5, 5.41) is 11.4. The highest BCUT2D eigenvalue weighted by Gasteiger charge is 2.30. The highest BCUT2D eigenvalue weighted by Crippen LogP contribution is 2.38. The van der Waals surface area contributed by atoms with E-state index in [1.54, 1.807) is 30.3 Å². The molecule has 7 rings (SSSR count). The van der Waals surface area contributed by atoms with E-state index >= 15 is 0 Å². The SMILES string of the molecule is Cc1cccc2c1C(=O)c1ccccc1C2=O.NO.O=C1c2ccccc2-c2noc3cccc1c23. The van der Waals surface area contributed by atoms with Gasteiger partial charge >= 0.3 is 0 Å². The molecule has 0 unspecified atom stereocenters. The molecule has 36 heavy (non-hydrogen) atoms. The summed E-state index contributed by atoms with van der Waals surface area (Å²) in [6.07, 6.45) is 0. The van der Waals surface area contributed by atoms with E-state index in [0.29, 0.717) is 39.0 Å². The second kappa shape index (κ2) is 9.14.